The van der Waals surface area contributed by atoms with Gasteiger partial charge in [-0.25, -0.2) is 14.8 Å². The van der Waals surface area contributed by atoms with Gasteiger partial charge in [0.25, 0.3) is 0 Å². The number of imidazole rings is 1. The Balaban J connectivity index is 1.98. The van der Waals surface area contributed by atoms with E-state index in [2.05, 4.69) is 9.97 Å². The molecule has 0 saturated heterocycles. The summed E-state index contributed by atoms with van der Waals surface area (Å²) in [5.74, 6) is 0.482. The van der Waals surface area contributed by atoms with Gasteiger partial charge in [-0.1, -0.05) is 0 Å². The molecule has 1 saturated carbocycles. The predicted octanol–water partition coefficient (Wildman–Crippen LogP) is 2.13. The summed E-state index contributed by atoms with van der Waals surface area (Å²) in [6.45, 7) is 2.09. The molecule has 1 fully saturated rings. The summed E-state index contributed by atoms with van der Waals surface area (Å²) in [6, 6.07) is 0. The number of esters is 1. The Morgan fingerprint density at radius 3 is 2.95 bits per heavy atom. The summed E-state index contributed by atoms with van der Waals surface area (Å²) in [4.78, 5) is 20.5. The van der Waals surface area contributed by atoms with Crippen LogP contribution < -0.4 is 0 Å². The lowest BCUT2D eigenvalue weighted by Gasteiger charge is -1.98. The lowest BCUT2D eigenvalue weighted by Crippen LogP contribution is -2.05. The molecule has 0 amide bonds. The Hall–Kier alpha value is -2.11. The minimum atomic E-state index is -0.445. The maximum absolute atomic E-state index is 11.9. The van der Waals surface area contributed by atoms with Crippen LogP contribution in [0.4, 0.5) is 0 Å². The van der Waals surface area contributed by atoms with Crippen molar-refractivity contribution < 1.29 is 13.9 Å². The molecule has 0 unspecified atom stereocenters. The van der Waals surface area contributed by atoms with Crippen molar-refractivity contribution in [3.05, 3.63) is 24.0 Å². The van der Waals surface area contributed by atoms with Crippen LogP contribution in [0, 0.1) is 0 Å². The third kappa shape index (κ3) is 2.25. The summed E-state index contributed by atoms with van der Waals surface area (Å²) < 4.78 is 12.4. The lowest BCUT2D eigenvalue weighted by atomic mass is 10.2. The molecule has 0 spiro atoms. The smallest absolute Gasteiger partial charge is 0.376 e. The summed E-state index contributed by atoms with van der Waals surface area (Å²) in [7, 11) is 1.87. The molecule has 2 heterocycles. The van der Waals surface area contributed by atoms with E-state index in [1.165, 1.54) is 0 Å². The highest BCUT2D eigenvalue weighted by Gasteiger charge is 2.34. The van der Waals surface area contributed by atoms with E-state index in [0.717, 1.165) is 12.8 Å². The highest BCUT2D eigenvalue weighted by Crippen LogP contribution is 2.42. The highest BCUT2D eigenvalue weighted by atomic mass is 16.5. The first-order valence-corrected chi connectivity index (χ1v) is 6.35. The molecule has 3 rings (SSSR count). The lowest BCUT2D eigenvalue weighted by molar-refractivity contribution is 0.0489. The predicted molar refractivity (Wildman–Crippen MR) is 66.6 cm³/mol. The van der Waals surface area contributed by atoms with Crippen LogP contribution in [0.25, 0.3) is 11.6 Å². The van der Waals surface area contributed by atoms with Crippen molar-refractivity contribution in [3.63, 3.8) is 0 Å². The Labute approximate surface area is 110 Å². The van der Waals surface area contributed by atoms with Crippen molar-refractivity contribution in [2.45, 2.75) is 25.7 Å². The number of rotatable bonds is 4. The molecule has 2 aromatic rings. The highest BCUT2D eigenvalue weighted by molar-refractivity contribution is 5.88. The van der Waals surface area contributed by atoms with E-state index in [0.29, 0.717) is 29.8 Å². The number of oxazole rings is 1. The van der Waals surface area contributed by atoms with Crippen LogP contribution in [0.15, 0.2) is 16.9 Å². The topological polar surface area (TPSA) is 70.2 Å². The van der Waals surface area contributed by atoms with Crippen LogP contribution in [0.2, 0.25) is 0 Å². The van der Waals surface area contributed by atoms with Gasteiger partial charge in [0.15, 0.2) is 0 Å². The third-order valence-electron chi connectivity index (χ3n) is 3.00. The van der Waals surface area contributed by atoms with Crippen LogP contribution in [-0.4, -0.2) is 27.1 Å². The Kier molecular flexibility index (Phi) is 2.85. The quantitative estimate of drug-likeness (QED) is 0.788. The maximum atomic E-state index is 11.9. The number of aromatic nitrogens is 3. The first-order chi connectivity index (χ1) is 9.19. The molecule has 100 valence electrons. The second kappa shape index (κ2) is 4.53. The van der Waals surface area contributed by atoms with E-state index < -0.39 is 5.97 Å². The monoisotopic (exact) mass is 261 g/mol. The van der Waals surface area contributed by atoms with Gasteiger partial charge in [0.05, 0.1) is 18.6 Å². The first kappa shape index (κ1) is 12.0. The zero-order valence-corrected chi connectivity index (χ0v) is 10.9. The van der Waals surface area contributed by atoms with E-state index in [9.17, 15) is 4.79 Å². The molecule has 1 aliphatic rings. The average molecular weight is 261 g/mol. The van der Waals surface area contributed by atoms with E-state index in [-0.39, 0.29) is 5.76 Å². The summed E-state index contributed by atoms with van der Waals surface area (Å²) in [5.41, 5.74) is 1.33. The number of nitrogens with zero attached hydrogens (tertiary/aromatic N) is 3. The maximum Gasteiger partial charge on any atom is 0.376 e. The average Bonchev–Trinajstić information content (AvgIpc) is 2.98. The van der Waals surface area contributed by atoms with Crippen molar-refractivity contribution >= 4 is 5.97 Å². The van der Waals surface area contributed by atoms with Crippen LogP contribution in [-0.2, 0) is 11.8 Å². The van der Waals surface area contributed by atoms with Gasteiger partial charge in [0.2, 0.25) is 11.7 Å². The molecule has 0 aliphatic heterocycles. The second-order valence-electron chi connectivity index (χ2n) is 4.65. The van der Waals surface area contributed by atoms with Crippen LogP contribution in [0.1, 0.15) is 41.9 Å². The number of hydrogen-bond acceptors (Lipinski definition) is 5. The number of carbonyl (C=O) groups excluding carboxylic acids is 1. The molecule has 2 aromatic heterocycles. The van der Waals surface area contributed by atoms with E-state index in [1.54, 1.807) is 24.0 Å². The molecule has 19 heavy (non-hydrogen) atoms. The zero-order chi connectivity index (χ0) is 13.4. The molecule has 0 N–H and O–H groups in total. The number of hydrogen-bond donors (Lipinski definition) is 0. The van der Waals surface area contributed by atoms with Crippen molar-refractivity contribution in [2.24, 2.45) is 7.05 Å². The Morgan fingerprint density at radius 2 is 2.37 bits per heavy atom. The summed E-state index contributed by atoms with van der Waals surface area (Å²) in [5, 5.41) is 0. The van der Waals surface area contributed by atoms with Crippen LogP contribution >= 0.6 is 0 Å². The number of carbonyl (C=O) groups is 1. The molecular weight excluding hydrogens is 246 g/mol. The number of aryl methyl sites for hydroxylation is 1. The number of ether oxygens (including phenoxy) is 1. The van der Waals surface area contributed by atoms with Gasteiger partial charge in [-0.3, -0.25) is 0 Å². The van der Waals surface area contributed by atoms with Crippen molar-refractivity contribution in [2.75, 3.05) is 6.61 Å². The van der Waals surface area contributed by atoms with Gasteiger partial charge < -0.3 is 13.7 Å². The molecular formula is C13H15N3O3. The van der Waals surface area contributed by atoms with E-state index in [1.807, 2.05) is 7.05 Å². The fraction of sp³-hybridized carbons (Fsp3) is 0.462. The fourth-order valence-electron chi connectivity index (χ4n) is 1.94. The van der Waals surface area contributed by atoms with Gasteiger partial charge in [0.1, 0.15) is 5.69 Å². The van der Waals surface area contributed by atoms with Gasteiger partial charge in [0, 0.05) is 19.2 Å². The van der Waals surface area contributed by atoms with Gasteiger partial charge in [-0.05, 0) is 19.8 Å². The van der Waals surface area contributed by atoms with Gasteiger partial charge in [-0.2, -0.15) is 0 Å². The molecule has 1 aliphatic carbocycles. The van der Waals surface area contributed by atoms with Crippen LogP contribution in [0.3, 0.4) is 0 Å². The van der Waals surface area contributed by atoms with E-state index in [4.69, 9.17) is 9.15 Å². The Bertz CT molecular complexity index is 610. The van der Waals surface area contributed by atoms with Crippen molar-refractivity contribution in [1.82, 2.24) is 14.5 Å². The first-order valence-electron chi connectivity index (χ1n) is 6.35. The van der Waals surface area contributed by atoms with Crippen molar-refractivity contribution in [3.8, 4) is 11.6 Å². The van der Waals surface area contributed by atoms with Gasteiger partial charge >= 0.3 is 5.97 Å². The molecule has 6 heteroatoms. The minimum Gasteiger partial charge on any atom is -0.460 e. The Morgan fingerprint density at radius 1 is 1.58 bits per heavy atom. The minimum absolute atomic E-state index is 0.227. The van der Waals surface area contributed by atoms with Crippen LogP contribution in [0.5, 0.6) is 0 Å². The third-order valence-corrected chi connectivity index (χ3v) is 3.00. The second-order valence-corrected chi connectivity index (χ2v) is 4.65. The molecule has 0 atom stereocenters. The normalized spacial score (nSPS) is 14.6. The molecule has 0 aromatic carbocycles. The van der Waals surface area contributed by atoms with Gasteiger partial charge in [-0.15, -0.1) is 0 Å². The fourth-order valence-corrected chi connectivity index (χ4v) is 1.94. The summed E-state index contributed by atoms with van der Waals surface area (Å²) >= 11 is 0. The molecule has 0 bridgehead atoms. The standard InChI is InChI=1S/C13H15N3O3/c1-3-18-13(17)11-10(8-4-5-8)15-12(19-11)9-6-16(2)7-14-9/h6-8H,3-5H2,1-2H3. The van der Waals surface area contributed by atoms with E-state index >= 15 is 0 Å². The van der Waals surface area contributed by atoms with Crippen molar-refractivity contribution in [1.29, 1.82) is 0 Å². The largest absolute Gasteiger partial charge is 0.460 e. The molecule has 6 nitrogen and oxygen atoms in total. The zero-order valence-electron chi connectivity index (χ0n) is 10.9. The SMILES string of the molecule is CCOC(=O)c1oc(-c2cn(C)cn2)nc1C1CC1. The summed E-state index contributed by atoms with van der Waals surface area (Å²) in [6.07, 6.45) is 5.55. The molecule has 0 radical (unpaired) electrons.